The lowest BCUT2D eigenvalue weighted by atomic mass is 10.1. The van der Waals surface area contributed by atoms with Gasteiger partial charge in [-0.1, -0.05) is 36.4 Å². The molecule has 2 aromatic rings. The molecule has 0 heterocycles. The summed E-state index contributed by atoms with van der Waals surface area (Å²) >= 11 is 0. The maximum absolute atomic E-state index is 12.4. The highest BCUT2D eigenvalue weighted by molar-refractivity contribution is 5.94. The van der Waals surface area contributed by atoms with Gasteiger partial charge in [0.15, 0.2) is 0 Å². The van der Waals surface area contributed by atoms with Crippen LogP contribution in [0.1, 0.15) is 29.7 Å². The number of benzene rings is 2. The van der Waals surface area contributed by atoms with Gasteiger partial charge in [-0.05, 0) is 45.0 Å². The van der Waals surface area contributed by atoms with E-state index in [1.165, 1.54) is 0 Å². The Bertz CT molecular complexity index is 815. The lowest BCUT2D eigenvalue weighted by molar-refractivity contribution is -0.123. The minimum atomic E-state index is -0.194. The number of hydrogen-bond acceptors (Lipinski definition) is 4. The third kappa shape index (κ3) is 5.82. The van der Waals surface area contributed by atoms with Crippen LogP contribution in [0.5, 0.6) is 5.75 Å². The van der Waals surface area contributed by atoms with Gasteiger partial charge in [0.05, 0.1) is 26.2 Å². The fourth-order valence-electron chi connectivity index (χ4n) is 3.13. The molecule has 6 heteroatoms. The van der Waals surface area contributed by atoms with Gasteiger partial charge in [-0.15, -0.1) is 0 Å². The summed E-state index contributed by atoms with van der Waals surface area (Å²) in [7, 11) is 3.35. The first-order valence-corrected chi connectivity index (χ1v) is 9.28. The Labute approximate surface area is 166 Å². The van der Waals surface area contributed by atoms with Gasteiger partial charge in [-0.3, -0.25) is 14.5 Å². The summed E-state index contributed by atoms with van der Waals surface area (Å²) in [6, 6.07) is 13.3. The lowest BCUT2D eigenvalue weighted by Gasteiger charge is -2.20. The third-order valence-corrected chi connectivity index (χ3v) is 4.56. The van der Waals surface area contributed by atoms with Crippen molar-refractivity contribution in [3.8, 4) is 5.75 Å². The molecule has 0 aromatic heterocycles. The molecular weight excluding hydrogens is 354 g/mol. The van der Waals surface area contributed by atoms with Crippen molar-refractivity contribution in [2.45, 2.75) is 26.8 Å². The number of carbonyl (C=O) groups excluding carboxylic acids is 2. The first-order valence-electron chi connectivity index (χ1n) is 9.28. The maximum atomic E-state index is 12.4. The van der Waals surface area contributed by atoms with E-state index in [9.17, 15) is 9.59 Å². The highest BCUT2D eigenvalue weighted by Gasteiger charge is 2.16. The van der Waals surface area contributed by atoms with Crippen molar-refractivity contribution < 1.29 is 14.3 Å². The summed E-state index contributed by atoms with van der Waals surface area (Å²) in [6.07, 6.45) is 0. The molecule has 0 aliphatic heterocycles. The largest absolute Gasteiger partial charge is 0.496 e. The summed E-state index contributed by atoms with van der Waals surface area (Å²) in [4.78, 5) is 26.4. The minimum absolute atomic E-state index is 0.125. The fourth-order valence-corrected chi connectivity index (χ4v) is 3.13. The maximum Gasteiger partial charge on any atom is 0.238 e. The monoisotopic (exact) mass is 383 g/mol. The number of para-hydroxylation sites is 2. The second-order valence-corrected chi connectivity index (χ2v) is 7.02. The Balaban J connectivity index is 1.87. The summed E-state index contributed by atoms with van der Waals surface area (Å²) in [5.74, 6) is 0.433. The Morgan fingerprint density at radius 1 is 1.00 bits per heavy atom. The highest BCUT2D eigenvalue weighted by atomic mass is 16.5. The van der Waals surface area contributed by atoms with Gasteiger partial charge in [0.2, 0.25) is 11.8 Å². The van der Waals surface area contributed by atoms with Gasteiger partial charge in [-0.25, -0.2) is 0 Å². The Kier molecular flexibility index (Phi) is 7.58. The van der Waals surface area contributed by atoms with Crippen molar-refractivity contribution in [3.05, 3.63) is 59.2 Å². The molecule has 0 saturated carbocycles. The Morgan fingerprint density at radius 3 is 2.25 bits per heavy atom. The van der Waals surface area contributed by atoms with Crippen LogP contribution in [0.4, 0.5) is 5.69 Å². The Morgan fingerprint density at radius 2 is 1.61 bits per heavy atom. The fraction of sp³-hybridized carbons (Fsp3) is 0.364. The number of carbonyl (C=O) groups is 2. The summed E-state index contributed by atoms with van der Waals surface area (Å²) in [6.45, 7) is 6.07. The van der Waals surface area contributed by atoms with Gasteiger partial charge < -0.3 is 15.4 Å². The number of methoxy groups -OCH3 is 1. The standard InChI is InChI=1S/C22H29N3O3/c1-15-9-8-10-16(2)22(15)24-21(27)14-25(4)13-20(26)23-17(3)18-11-6-7-12-19(18)28-5/h6-12,17H,13-14H2,1-5H3,(H,23,26)(H,24,27)/t17-/m0/s1. The number of aryl methyl sites for hydroxylation is 2. The van der Waals surface area contributed by atoms with E-state index in [0.29, 0.717) is 0 Å². The van der Waals surface area contributed by atoms with Crippen molar-refractivity contribution in [1.82, 2.24) is 10.2 Å². The van der Waals surface area contributed by atoms with Crippen LogP contribution in [-0.4, -0.2) is 44.0 Å². The summed E-state index contributed by atoms with van der Waals surface area (Å²) in [5.41, 5.74) is 3.77. The van der Waals surface area contributed by atoms with Crippen molar-refractivity contribution in [3.63, 3.8) is 0 Å². The first-order chi connectivity index (χ1) is 13.3. The normalized spacial score (nSPS) is 11.8. The molecule has 1 atom stereocenters. The molecule has 0 spiro atoms. The van der Waals surface area contributed by atoms with Crippen molar-refractivity contribution in [2.24, 2.45) is 0 Å². The van der Waals surface area contributed by atoms with Gasteiger partial charge >= 0.3 is 0 Å². The van der Waals surface area contributed by atoms with Crippen LogP contribution < -0.4 is 15.4 Å². The van der Waals surface area contributed by atoms with E-state index in [1.54, 1.807) is 19.1 Å². The van der Waals surface area contributed by atoms with Crippen LogP contribution in [0, 0.1) is 13.8 Å². The molecule has 2 N–H and O–H groups in total. The number of likely N-dealkylation sites (N-methyl/N-ethyl adjacent to an activating group) is 1. The van der Waals surface area contributed by atoms with Crippen LogP contribution in [-0.2, 0) is 9.59 Å². The molecule has 0 aliphatic rings. The number of amides is 2. The molecule has 0 fully saturated rings. The zero-order valence-electron chi connectivity index (χ0n) is 17.2. The molecule has 0 unspecified atom stereocenters. The molecule has 2 aromatic carbocycles. The quantitative estimate of drug-likeness (QED) is 0.735. The Hall–Kier alpha value is -2.86. The number of nitrogens with one attached hydrogen (secondary N) is 2. The van der Waals surface area contributed by atoms with E-state index in [2.05, 4.69) is 10.6 Å². The average molecular weight is 383 g/mol. The molecule has 0 bridgehead atoms. The smallest absolute Gasteiger partial charge is 0.238 e. The molecular formula is C22H29N3O3. The van der Waals surface area contributed by atoms with Crippen molar-refractivity contribution in [1.29, 1.82) is 0 Å². The number of nitrogens with zero attached hydrogens (tertiary/aromatic N) is 1. The lowest BCUT2D eigenvalue weighted by Crippen LogP contribution is -2.39. The molecule has 0 radical (unpaired) electrons. The molecule has 0 aliphatic carbocycles. The molecule has 2 rings (SSSR count). The summed E-state index contributed by atoms with van der Waals surface area (Å²) < 4.78 is 5.34. The topological polar surface area (TPSA) is 70.7 Å². The van der Waals surface area contributed by atoms with Crippen LogP contribution in [0.3, 0.4) is 0 Å². The zero-order valence-corrected chi connectivity index (χ0v) is 17.2. The molecule has 0 saturated heterocycles. The molecule has 2 amide bonds. The molecule has 150 valence electrons. The number of anilines is 1. The van der Waals surface area contributed by atoms with Crippen molar-refractivity contribution in [2.75, 3.05) is 32.6 Å². The third-order valence-electron chi connectivity index (χ3n) is 4.56. The van der Waals surface area contributed by atoms with Crippen LogP contribution in [0.2, 0.25) is 0 Å². The second kappa shape index (κ2) is 9.90. The number of ether oxygens (including phenoxy) is 1. The highest BCUT2D eigenvalue weighted by Crippen LogP contribution is 2.24. The number of hydrogen-bond donors (Lipinski definition) is 2. The zero-order chi connectivity index (χ0) is 20.7. The van der Waals surface area contributed by atoms with Gasteiger partial charge in [-0.2, -0.15) is 0 Å². The van der Waals surface area contributed by atoms with E-state index in [4.69, 9.17) is 4.74 Å². The summed E-state index contributed by atoms with van der Waals surface area (Å²) in [5, 5.41) is 5.89. The van der Waals surface area contributed by atoms with E-state index >= 15 is 0 Å². The average Bonchev–Trinajstić information content (AvgIpc) is 2.64. The van der Waals surface area contributed by atoms with E-state index < -0.39 is 0 Å². The van der Waals surface area contributed by atoms with Crippen LogP contribution in [0.25, 0.3) is 0 Å². The minimum Gasteiger partial charge on any atom is -0.496 e. The van der Waals surface area contributed by atoms with Crippen LogP contribution in [0.15, 0.2) is 42.5 Å². The van der Waals surface area contributed by atoms with E-state index in [1.807, 2.05) is 63.2 Å². The predicted molar refractivity (Wildman–Crippen MR) is 112 cm³/mol. The van der Waals surface area contributed by atoms with Gasteiger partial charge in [0.25, 0.3) is 0 Å². The van der Waals surface area contributed by atoms with E-state index in [0.717, 1.165) is 28.1 Å². The molecule has 28 heavy (non-hydrogen) atoms. The van der Waals surface area contributed by atoms with Gasteiger partial charge in [0.1, 0.15) is 5.75 Å². The van der Waals surface area contributed by atoms with Crippen molar-refractivity contribution >= 4 is 17.5 Å². The number of rotatable bonds is 8. The first kappa shape index (κ1) is 21.4. The second-order valence-electron chi connectivity index (χ2n) is 7.02. The predicted octanol–water partition coefficient (Wildman–Crippen LogP) is 3.06. The molecule has 6 nitrogen and oxygen atoms in total. The van der Waals surface area contributed by atoms with E-state index in [-0.39, 0.29) is 30.9 Å². The van der Waals surface area contributed by atoms with Gasteiger partial charge in [0, 0.05) is 11.3 Å². The van der Waals surface area contributed by atoms with Crippen LogP contribution >= 0.6 is 0 Å². The SMILES string of the molecule is COc1ccccc1[C@H](C)NC(=O)CN(C)CC(=O)Nc1c(C)cccc1C.